The van der Waals surface area contributed by atoms with Crippen molar-refractivity contribution in [3.8, 4) is 0 Å². The summed E-state index contributed by atoms with van der Waals surface area (Å²) >= 11 is 0. The molecule has 1 rings (SSSR count). The van der Waals surface area contributed by atoms with E-state index in [1.54, 1.807) is 12.1 Å². The smallest absolute Gasteiger partial charge is 0.303 e. The van der Waals surface area contributed by atoms with Crippen molar-refractivity contribution < 1.29 is 22.8 Å². The van der Waals surface area contributed by atoms with Crippen LogP contribution in [0.1, 0.15) is 17.4 Å². The Morgan fingerprint density at radius 3 is 2.47 bits per heavy atom. The fraction of sp³-hybridized carbons (Fsp3) is 0.182. The highest BCUT2D eigenvalue weighted by Gasteiger charge is 2.36. The highest BCUT2D eigenvalue weighted by atomic mass is 19.4. The fourth-order valence-electron chi connectivity index (χ4n) is 1.03. The Hall–Kier alpha value is -2.38. The molecule has 19 heavy (non-hydrogen) atoms. The lowest BCUT2D eigenvalue weighted by Crippen LogP contribution is -2.37. The minimum absolute atomic E-state index is 0.0879. The number of amides is 1. The van der Waals surface area contributed by atoms with Crippen LogP contribution in [0.3, 0.4) is 0 Å². The number of halogens is 3. The van der Waals surface area contributed by atoms with Gasteiger partial charge in [0.15, 0.2) is 0 Å². The summed E-state index contributed by atoms with van der Waals surface area (Å²) in [5, 5.41) is 0. The molecule has 2 N–H and O–H groups in total. The largest absolute Gasteiger partial charge is 0.454 e. The summed E-state index contributed by atoms with van der Waals surface area (Å²) in [4.78, 5) is 25.8. The van der Waals surface area contributed by atoms with E-state index in [4.69, 9.17) is 0 Å². The third kappa shape index (κ3) is 4.78. The van der Waals surface area contributed by atoms with Crippen molar-refractivity contribution in [3.63, 3.8) is 0 Å². The van der Waals surface area contributed by atoms with E-state index in [9.17, 15) is 22.8 Å². The van der Waals surface area contributed by atoms with Gasteiger partial charge < -0.3 is 5.43 Å². The van der Waals surface area contributed by atoms with Crippen LogP contribution in [0.2, 0.25) is 0 Å². The molecule has 5 nitrogen and oxygen atoms in total. The molecule has 0 saturated carbocycles. The van der Waals surface area contributed by atoms with Gasteiger partial charge in [-0.1, -0.05) is 6.07 Å². The Balaban J connectivity index is 2.56. The summed E-state index contributed by atoms with van der Waals surface area (Å²) in [6.07, 6.45) is -3.20. The normalized spacial score (nSPS) is 11.9. The molecule has 0 bridgehead atoms. The van der Waals surface area contributed by atoms with Crippen LogP contribution in [0, 0.1) is 0 Å². The maximum Gasteiger partial charge on any atom is 0.454 e. The molecule has 8 heteroatoms. The number of nitrogens with one attached hydrogen (secondary N) is 2. The second kappa shape index (κ2) is 5.98. The third-order valence-corrected chi connectivity index (χ3v) is 1.90. The van der Waals surface area contributed by atoms with Crippen molar-refractivity contribution in [1.82, 2.24) is 15.8 Å². The van der Waals surface area contributed by atoms with Gasteiger partial charge in [0, 0.05) is 18.0 Å². The molecule has 1 amide bonds. The quantitative estimate of drug-likeness (QED) is 0.641. The van der Waals surface area contributed by atoms with Crippen molar-refractivity contribution >= 4 is 11.7 Å². The predicted octanol–water partition coefficient (Wildman–Crippen LogP) is 1.35. The molecule has 0 spiro atoms. The summed E-state index contributed by atoms with van der Waals surface area (Å²) in [7, 11) is 0. The van der Waals surface area contributed by atoms with Crippen molar-refractivity contribution in [2.45, 2.75) is 13.1 Å². The van der Waals surface area contributed by atoms with Gasteiger partial charge in [0.1, 0.15) is 5.69 Å². The van der Waals surface area contributed by atoms with Gasteiger partial charge in [-0.05, 0) is 19.1 Å². The lowest BCUT2D eigenvalue weighted by Gasteiger charge is -2.08. The molecule has 0 fully saturated rings. The summed E-state index contributed by atoms with van der Waals surface area (Å²) in [6, 6.07) is 4.62. The Bertz CT molecular complexity index is 498. The Labute approximate surface area is 106 Å². The zero-order valence-electron chi connectivity index (χ0n) is 9.78. The molecular weight excluding hydrogens is 263 g/mol. The Kier molecular flexibility index (Phi) is 4.62. The number of nitrogens with zero attached hydrogens (tertiary/aromatic N) is 1. The van der Waals surface area contributed by atoms with Crippen LogP contribution in [0.4, 0.5) is 13.2 Å². The van der Waals surface area contributed by atoms with Gasteiger partial charge in [-0.25, -0.2) is 0 Å². The van der Waals surface area contributed by atoms with Gasteiger partial charge in [-0.15, -0.1) is 0 Å². The number of rotatable bonds is 4. The van der Waals surface area contributed by atoms with Gasteiger partial charge >= 0.3 is 6.18 Å². The first-order valence-corrected chi connectivity index (χ1v) is 5.07. The second-order valence-corrected chi connectivity index (χ2v) is 3.48. The number of alkyl halides is 3. The molecule has 0 radical (unpaired) electrons. The van der Waals surface area contributed by atoms with E-state index in [2.05, 4.69) is 15.8 Å². The monoisotopic (exact) mass is 273 g/mol. The lowest BCUT2D eigenvalue weighted by atomic mass is 10.3. The average molecular weight is 273 g/mol. The van der Waals surface area contributed by atoms with E-state index in [1.807, 2.05) is 0 Å². The fourth-order valence-corrected chi connectivity index (χ4v) is 1.03. The first-order valence-electron chi connectivity index (χ1n) is 5.07. The van der Waals surface area contributed by atoms with Crippen LogP contribution in [-0.2, 0) is 4.79 Å². The number of hydrogen-bond donors (Lipinski definition) is 2. The van der Waals surface area contributed by atoms with Gasteiger partial charge in [0.2, 0.25) is 0 Å². The van der Waals surface area contributed by atoms with Crippen LogP contribution in [0.15, 0.2) is 36.2 Å². The summed E-state index contributed by atoms with van der Waals surface area (Å²) in [5.74, 6) is -2.64. The number of carbonyl (C=O) groups excluding carboxylic acids is 2. The molecule has 0 saturated heterocycles. The molecule has 0 aromatic carbocycles. The molecule has 0 aliphatic rings. The maximum absolute atomic E-state index is 12.0. The minimum Gasteiger partial charge on any atom is -0.303 e. The van der Waals surface area contributed by atoms with Crippen molar-refractivity contribution in [2.24, 2.45) is 0 Å². The molecule has 0 aliphatic carbocycles. The zero-order valence-corrected chi connectivity index (χ0v) is 9.78. The molecular formula is C11H10F3N3O2. The summed E-state index contributed by atoms with van der Waals surface area (Å²) in [6.45, 7) is 1.21. The predicted molar refractivity (Wildman–Crippen MR) is 59.7 cm³/mol. The van der Waals surface area contributed by atoms with Gasteiger partial charge in [0.25, 0.3) is 11.7 Å². The third-order valence-electron chi connectivity index (χ3n) is 1.90. The molecule has 0 unspecified atom stereocenters. The van der Waals surface area contributed by atoms with Gasteiger partial charge in [-0.2, -0.15) is 13.2 Å². The molecule has 1 aromatic heterocycles. The van der Waals surface area contributed by atoms with Crippen LogP contribution in [0.25, 0.3) is 0 Å². The number of ketones is 1. The highest BCUT2D eigenvalue weighted by molar-refractivity contribution is 5.95. The number of hydrogen-bond acceptors (Lipinski definition) is 4. The second-order valence-electron chi connectivity index (χ2n) is 3.48. The number of allylic oxidation sites excluding steroid dienone is 2. The topological polar surface area (TPSA) is 71.1 Å². The van der Waals surface area contributed by atoms with E-state index < -0.39 is 17.9 Å². The number of carbonyl (C=O) groups is 2. The van der Waals surface area contributed by atoms with E-state index >= 15 is 0 Å². The number of hydrazine groups is 1. The molecule has 1 aromatic rings. The summed E-state index contributed by atoms with van der Waals surface area (Å²) in [5.41, 5.74) is 4.24. The average Bonchev–Trinajstić information content (AvgIpc) is 2.35. The number of aromatic nitrogens is 1. The van der Waals surface area contributed by atoms with Crippen LogP contribution >= 0.6 is 0 Å². The van der Waals surface area contributed by atoms with E-state index in [0.717, 1.165) is 0 Å². The van der Waals surface area contributed by atoms with Crippen LogP contribution in [0.5, 0.6) is 0 Å². The first kappa shape index (κ1) is 14.7. The van der Waals surface area contributed by atoms with E-state index in [-0.39, 0.29) is 11.4 Å². The molecule has 102 valence electrons. The van der Waals surface area contributed by atoms with Crippen LogP contribution in [-0.4, -0.2) is 22.9 Å². The minimum atomic E-state index is -4.94. The molecule has 1 heterocycles. The number of pyridine rings is 1. The molecule has 0 atom stereocenters. The van der Waals surface area contributed by atoms with Crippen LogP contribution < -0.4 is 10.9 Å². The molecule has 0 aliphatic heterocycles. The van der Waals surface area contributed by atoms with Crippen molar-refractivity contribution in [3.05, 3.63) is 41.9 Å². The highest BCUT2D eigenvalue weighted by Crippen LogP contribution is 2.16. The lowest BCUT2D eigenvalue weighted by molar-refractivity contribution is -0.165. The van der Waals surface area contributed by atoms with E-state index in [1.165, 1.54) is 19.2 Å². The van der Waals surface area contributed by atoms with E-state index in [0.29, 0.717) is 6.08 Å². The first-order chi connectivity index (χ1) is 8.80. The zero-order chi connectivity index (χ0) is 14.5. The summed E-state index contributed by atoms with van der Waals surface area (Å²) < 4.78 is 35.9. The maximum atomic E-state index is 12.0. The van der Waals surface area contributed by atoms with Gasteiger partial charge in [0.05, 0.1) is 0 Å². The Morgan fingerprint density at radius 2 is 1.95 bits per heavy atom. The SMILES string of the molecule is C/C(=C/C(=O)C(F)(F)F)NNC(=O)c1ccccn1. The van der Waals surface area contributed by atoms with Gasteiger partial charge in [-0.3, -0.25) is 20.0 Å². The Morgan fingerprint density at radius 1 is 1.26 bits per heavy atom. The van der Waals surface area contributed by atoms with Crippen molar-refractivity contribution in [1.29, 1.82) is 0 Å². The van der Waals surface area contributed by atoms with Crippen molar-refractivity contribution in [2.75, 3.05) is 0 Å². The standard InChI is InChI=1S/C11H10F3N3O2/c1-7(6-9(18)11(12,13)14)16-17-10(19)8-4-2-3-5-15-8/h2-6,16H,1H3,(H,17,19)/b7-6-.